The lowest BCUT2D eigenvalue weighted by Gasteiger charge is -2.16. The van der Waals surface area contributed by atoms with Gasteiger partial charge in [0, 0.05) is 24.2 Å². The molecule has 1 aromatic carbocycles. The number of halogens is 2. The van der Waals surface area contributed by atoms with Crippen molar-refractivity contribution in [2.45, 2.75) is 32.5 Å². The van der Waals surface area contributed by atoms with Crippen molar-refractivity contribution in [3.05, 3.63) is 60.6 Å². The zero-order valence-electron chi connectivity index (χ0n) is 18.2. The first-order valence-corrected chi connectivity index (χ1v) is 10.7. The van der Waals surface area contributed by atoms with Gasteiger partial charge in [0.1, 0.15) is 35.1 Å². The molecule has 8 nitrogen and oxygen atoms in total. The van der Waals surface area contributed by atoms with Crippen molar-refractivity contribution in [2.75, 3.05) is 7.11 Å². The van der Waals surface area contributed by atoms with Gasteiger partial charge in [-0.15, -0.1) is 0 Å². The number of hydrogen-bond donors (Lipinski definition) is 0. The van der Waals surface area contributed by atoms with Crippen LogP contribution in [-0.2, 0) is 6.61 Å². The standard InChI is InChI=1S/C24H21F2N3O5/c1-31-20-7-15(8-21(34-24(25)26)23(20)19(30)6-14-2-3-14)18-11-28-22-9-16(4-5-29(18)22)32-12-17-10-27-13-33-17/h4-5,7-11,13-14,24H,2-3,6,12H2,1H3. The Labute approximate surface area is 193 Å². The maximum atomic E-state index is 13.2. The molecule has 10 heteroatoms. The van der Waals surface area contributed by atoms with Crippen LogP contribution in [0.4, 0.5) is 8.78 Å². The first-order chi connectivity index (χ1) is 16.5. The summed E-state index contributed by atoms with van der Waals surface area (Å²) in [5, 5.41) is 0. The van der Waals surface area contributed by atoms with E-state index in [4.69, 9.17) is 18.6 Å². The Bertz CT molecular complexity index is 1320. The highest BCUT2D eigenvalue weighted by molar-refractivity contribution is 6.02. The second-order valence-electron chi connectivity index (χ2n) is 7.99. The monoisotopic (exact) mass is 469 g/mol. The number of aromatic nitrogens is 3. The average molecular weight is 469 g/mol. The Morgan fingerprint density at radius 2 is 2.06 bits per heavy atom. The highest BCUT2D eigenvalue weighted by Gasteiger charge is 2.29. The number of alkyl halides is 2. The molecule has 0 atom stereocenters. The summed E-state index contributed by atoms with van der Waals surface area (Å²) in [6.45, 7) is -2.87. The quantitative estimate of drug-likeness (QED) is 0.296. The van der Waals surface area contributed by atoms with Crippen molar-refractivity contribution in [3.63, 3.8) is 0 Å². The number of nitrogens with zero attached hydrogens (tertiary/aromatic N) is 3. The van der Waals surface area contributed by atoms with Gasteiger partial charge in [-0.1, -0.05) is 0 Å². The van der Waals surface area contributed by atoms with Crippen LogP contribution >= 0.6 is 0 Å². The first kappa shape index (κ1) is 21.9. The van der Waals surface area contributed by atoms with E-state index < -0.39 is 6.61 Å². The molecule has 0 unspecified atom stereocenters. The van der Waals surface area contributed by atoms with Crippen LogP contribution in [0.1, 0.15) is 35.4 Å². The van der Waals surface area contributed by atoms with Gasteiger partial charge in [0.15, 0.2) is 17.9 Å². The third kappa shape index (κ3) is 4.57. The van der Waals surface area contributed by atoms with Crippen LogP contribution in [0.25, 0.3) is 16.9 Å². The summed E-state index contributed by atoms with van der Waals surface area (Å²) in [7, 11) is 1.39. The number of oxazole rings is 1. The summed E-state index contributed by atoms with van der Waals surface area (Å²) in [5.41, 5.74) is 1.73. The molecule has 4 aromatic rings. The average Bonchev–Trinajstić information content (AvgIpc) is 3.30. The Kier molecular flexibility index (Phi) is 5.87. The molecule has 0 spiro atoms. The SMILES string of the molecule is COc1cc(-c2cnc3cc(OCc4cnco4)ccn23)cc(OC(F)F)c1C(=O)CC1CC1. The molecule has 1 aliphatic carbocycles. The Balaban J connectivity index is 1.49. The van der Waals surface area contributed by atoms with Crippen molar-refractivity contribution in [3.8, 4) is 28.5 Å². The molecule has 0 N–H and O–H groups in total. The molecule has 1 aliphatic rings. The molecular weight excluding hydrogens is 448 g/mol. The summed E-state index contributed by atoms with van der Waals surface area (Å²) in [6, 6.07) is 6.54. The van der Waals surface area contributed by atoms with E-state index in [1.807, 2.05) is 0 Å². The van der Waals surface area contributed by atoms with Gasteiger partial charge in [0.25, 0.3) is 0 Å². The largest absolute Gasteiger partial charge is 0.496 e. The molecule has 5 rings (SSSR count). The van der Waals surface area contributed by atoms with E-state index in [1.165, 1.54) is 19.6 Å². The van der Waals surface area contributed by atoms with E-state index in [2.05, 4.69) is 9.97 Å². The van der Waals surface area contributed by atoms with Crippen LogP contribution in [0, 0.1) is 5.92 Å². The third-order valence-corrected chi connectivity index (χ3v) is 5.60. The van der Waals surface area contributed by atoms with Gasteiger partial charge in [-0.2, -0.15) is 8.78 Å². The summed E-state index contributed by atoms with van der Waals surface area (Å²) in [5.74, 6) is 1.14. The molecule has 0 radical (unpaired) electrons. The molecule has 1 saturated carbocycles. The number of pyridine rings is 1. The lowest BCUT2D eigenvalue weighted by molar-refractivity contribution is -0.0502. The number of ketones is 1. The Hall–Kier alpha value is -3.95. The second kappa shape index (κ2) is 9.12. The predicted molar refractivity (Wildman–Crippen MR) is 116 cm³/mol. The molecule has 3 aromatic heterocycles. The summed E-state index contributed by atoms with van der Waals surface area (Å²) in [6.07, 6.45) is 8.45. The lowest BCUT2D eigenvalue weighted by Crippen LogP contribution is -2.11. The predicted octanol–water partition coefficient (Wildman–Crippen LogP) is 5.16. The highest BCUT2D eigenvalue weighted by Crippen LogP contribution is 2.40. The topological polar surface area (TPSA) is 88.1 Å². The zero-order valence-corrected chi connectivity index (χ0v) is 18.2. The fraction of sp³-hybridized carbons (Fsp3) is 0.292. The summed E-state index contributed by atoms with van der Waals surface area (Å²) in [4.78, 5) is 21.1. The fourth-order valence-electron chi connectivity index (χ4n) is 3.78. The van der Waals surface area contributed by atoms with E-state index >= 15 is 0 Å². The molecule has 176 valence electrons. The minimum Gasteiger partial charge on any atom is -0.496 e. The van der Waals surface area contributed by atoms with E-state index in [9.17, 15) is 13.6 Å². The maximum absolute atomic E-state index is 13.2. The minimum atomic E-state index is -3.08. The summed E-state index contributed by atoms with van der Waals surface area (Å²) >= 11 is 0. The molecule has 0 aliphatic heterocycles. The first-order valence-electron chi connectivity index (χ1n) is 10.7. The van der Waals surface area contributed by atoms with Gasteiger partial charge in [-0.3, -0.25) is 9.20 Å². The van der Waals surface area contributed by atoms with E-state index in [-0.39, 0.29) is 41.8 Å². The van der Waals surface area contributed by atoms with Crippen molar-refractivity contribution < 1.29 is 32.2 Å². The van der Waals surface area contributed by atoms with Gasteiger partial charge in [0.2, 0.25) is 0 Å². The van der Waals surface area contributed by atoms with Gasteiger partial charge in [-0.05, 0) is 37.0 Å². The van der Waals surface area contributed by atoms with Crippen LogP contribution < -0.4 is 14.2 Å². The number of Topliss-reactive ketones (excluding diaryl/α,β-unsaturated/α-hetero) is 1. The van der Waals surface area contributed by atoms with Crippen molar-refractivity contribution in [1.82, 2.24) is 14.4 Å². The highest BCUT2D eigenvalue weighted by atomic mass is 19.3. The van der Waals surface area contributed by atoms with Crippen LogP contribution in [0.2, 0.25) is 0 Å². The molecule has 1 fully saturated rings. The smallest absolute Gasteiger partial charge is 0.387 e. The van der Waals surface area contributed by atoms with Crippen molar-refractivity contribution in [2.24, 2.45) is 5.92 Å². The third-order valence-electron chi connectivity index (χ3n) is 5.60. The fourth-order valence-corrected chi connectivity index (χ4v) is 3.78. The maximum Gasteiger partial charge on any atom is 0.387 e. The molecule has 3 heterocycles. The minimum absolute atomic E-state index is 0.0374. The zero-order chi connectivity index (χ0) is 23.7. The number of hydrogen-bond acceptors (Lipinski definition) is 7. The summed E-state index contributed by atoms with van der Waals surface area (Å²) < 4.78 is 49.2. The lowest BCUT2D eigenvalue weighted by atomic mass is 10.00. The van der Waals surface area contributed by atoms with Gasteiger partial charge in [-0.25, -0.2) is 9.97 Å². The van der Waals surface area contributed by atoms with E-state index in [0.717, 1.165) is 12.8 Å². The number of methoxy groups -OCH3 is 1. The van der Waals surface area contributed by atoms with Gasteiger partial charge < -0.3 is 18.6 Å². The molecule has 34 heavy (non-hydrogen) atoms. The number of imidazole rings is 1. The van der Waals surface area contributed by atoms with Crippen LogP contribution in [0.15, 0.2) is 53.7 Å². The molecule has 0 bridgehead atoms. The van der Waals surface area contributed by atoms with Gasteiger partial charge in [0.05, 0.1) is 25.2 Å². The van der Waals surface area contributed by atoms with Crippen LogP contribution in [0.3, 0.4) is 0 Å². The van der Waals surface area contributed by atoms with Crippen molar-refractivity contribution >= 4 is 11.4 Å². The second-order valence-corrected chi connectivity index (χ2v) is 7.99. The number of fused-ring (bicyclic) bond motifs is 1. The normalized spacial score (nSPS) is 13.4. The molecule has 0 saturated heterocycles. The Morgan fingerprint density at radius 1 is 1.24 bits per heavy atom. The number of ether oxygens (including phenoxy) is 3. The number of carbonyl (C=O) groups is 1. The van der Waals surface area contributed by atoms with Crippen molar-refractivity contribution in [1.29, 1.82) is 0 Å². The van der Waals surface area contributed by atoms with E-state index in [0.29, 0.717) is 28.4 Å². The van der Waals surface area contributed by atoms with Crippen LogP contribution in [0.5, 0.6) is 17.2 Å². The molecular formula is C24H21F2N3O5. The van der Waals surface area contributed by atoms with Gasteiger partial charge >= 0.3 is 6.61 Å². The van der Waals surface area contributed by atoms with Crippen LogP contribution in [-0.4, -0.2) is 33.9 Å². The molecule has 0 amide bonds. The van der Waals surface area contributed by atoms with E-state index in [1.54, 1.807) is 41.2 Å². The number of rotatable bonds is 10. The Morgan fingerprint density at radius 3 is 2.76 bits per heavy atom. The number of benzene rings is 1. The number of carbonyl (C=O) groups excluding carboxylic acids is 1.